The molecule has 5 N–H and O–H groups in total. The Hall–Kier alpha value is -1.27. The molecular weight excluding hydrogens is 877 g/mol. The largest absolute Gasteiger partial charge is 0.392 e. The number of hydrogen-bond donors (Lipinski definition) is 5. The summed E-state index contributed by atoms with van der Waals surface area (Å²) in [5.74, 6) is -1.01. The highest BCUT2D eigenvalue weighted by Crippen LogP contribution is 2.70. The molecular formula is C49H80O18. The highest BCUT2D eigenvalue weighted by molar-refractivity contribution is 5.87. The van der Waals surface area contributed by atoms with E-state index in [4.69, 9.17) is 56.8 Å². The molecule has 67 heavy (non-hydrogen) atoms. The average Bonchev–Trinajstić information content (AvgIpc) is 3.52. The number of carbonyl (C=O) groups excluding carboxylic acids is 1. The van der Waals surface area contributed by atoms with E-state index in [1.807, 2.05) is 26.8 Å². The van der Waals surface area contributed by atoms with Crippen LogP contribution in [0.1, 0.15) is 119 Å². The van der Waals surface area contributed by atoms with E-state index in [1.54, 1.807) is 42.3 Å². The number of hydrogen-bond acceptors (Lipinski definition) is 18. The molecule has 4 aliphatic carbocycles. The number of ketones is 1. The average molecular weight is 957 g/mol. The van der Waals surface area contributed by atoms with Gasteiger partial charge >= 0.3 is 0 Å². The van der Waals surface area contributed by atoms with Gasteiger partial charge in [-0.2, -0.15) is 0 Å². The van der Waals surface area contributed by atoms with Crippen molar-refractivity contribution in [1.29, 1.82) is 0 Å². The maximum Gasteiger partial charge on any atom is 0.162 e. The molecule has 0 spiro atoms. The Morgan fingerprint density at radius 3 is 1.54 bits per heavy atom. The van der Waals surface area contributed by atoms with Gasteiger partial charge in [-0.15, -0.1) is 0 Å². The lowest BCUT2D eigenvalue weighted by atomic mass is 9.42. The Morgan fingerprint density at radius 2 is 1.07 bits per heavy atom. The van der Waals surface area contributed by atoms with Crippen LogP contribution < -0.4 is 0 Å². The predicted molar refractivity (Wildman–Crippen MR) is 236 cm³/mol. The van der Waals surface area contributed by atoms with Gasteiger partial charge in [0, 0.05) is 60.0 Å². The minimum Gasteiger partial charge on any atom is -0.392 e. The summed E-state index contributed by atoms with van der Waals surface area (Å²) in [6.45, 7) is 12.5. The Balaban J connectivity index is 0.847. The van der Waals surface area contributed by atoms with E-state index in [0.717, 1.165) is 5.57 Å². The van der Waals surface area contributed by atoms with Gasteiger partial charge in [0.2, 0.25) is 0 Å². The number of methoxy groups -OCH3 is 4. The van der Waals surface area contributed by atoms with Gasteiger partial charge in [-0.1, -0.05) is 25.5 Å². The molecule has 7 fully saturated rings. The lowest BCUT2D eigenvalue weighted by Gasteiger charge is -2.66. The summed E-state index contributed by atoms with van der Waals surface area (Å²) in [6, 6.07) is 0. The van der Waals surface area contributed by atoms with Crippen molar-refractivity contribution in [3.8, 4) is 0 Å². The molecule has 4 aliphatic heterocycles. The normalized spacial score (nSPS) is 53.6. The quantitative estimate of drug-likeness (QED) is 0.167. The van der Waals surface area contributed by atoms with E-state index in [-0.39, 0.29) is 50.1 Å². The Bertz CT molecular complexity index is 1770. The van der Waals surface area contributed by atoms with Gasteiger partial charge in [0.05, 0.1) is 66.5 Å². The lowest BCUT2D eigenvalue weighted by Crippen LogP contribution is -2.78. The Kier molecular flexibility index (Phi) is 15.3. The molecule has 0 aromatic carbocycles. The minimum atomic E-state index is -1.94. The minimum absolute atomic E-state index is 0.00940. The summed E-state index contributed by atoms with van der Waals surface area (Å²) in [5.41, 5.74) is -6.52. The van der Waals surface area contributed by atoms with Gasteiger partial charge < -0.3 is 82.4 Å². The van der Waals surface area contributed by atoms with E-state index in [2.05, 4.69) is 6.92 Å². The molecule has 0 aromatic rings. The standard InChI is InChI=1S/C49H80O18/c1-24-41(52)31(56-8)19-38(60-24)65-43-26(3)62-40(21-33(43)58-10)67-44-27(4)63-39(22-34(44)59-11)66-42-25(2)61-37(20-32(42)57-9)64-30-13-14-45(6)29(18-30)12-15-48(54)35(45)23-36(51)46(7)47(53,28(5)50)16-17-49(46,48)55/h12,24-27,30-44,51-55H,13-23H2,1-11H3. The number of aliphatic hydroxyl groups is 5. The molecule has 0 aromatic heterocycles. The number of rotatable bonds is 13. The molecule has 0 bridgehead atoms. The summed E-state index contributed by atoms with van der Waals surface area (Å²) in [4.78, 5) is 12.8. The molecule has 4 heterocycles. The van der Waals surface area contributed by atoms with Crippen LogP contribution in [0.3, 0.4) is 0 Å². The first-order chi connectivity index (χ1) is 31.6. The maximum atomic E-state index is 12.8. The van der Waals surface area contributed by atoms with Crippen LogP contribution in [0.15, 0.2) is 11.6 Å². The topological polar surface area (TPSA) is 229 Å². The molecule has 384 valence electrons. The van der Waals surface area contributed by atoms with Crippen molar-refractivity contribution >= 4 is 5.78 Å². The Labute approximate surface area is 395 Å². The molecule has 8 rings (SSSR count). The first kappa shape index (κ1) is 52.1. The third kappa shape index (κ3) is 8.74. The maximum absolute atomic E-state index is 12.8. The summed E-state index contributed by atoms with van der Waals surface area (Å²) in [7, 11) is 6.49. The fraction of sp³-hybridized carbons (Fsp3) is 0.939. The van der Waals surface area contributed by atoms with Crippen LogP contribution in [0, 0.1) is 16.7 Å². The van der Waals surface area contributed by atoms with E-state index in [1.165, 1.54) is 6.92 Å². The second-order valence-corrected chi connectivity index (χ2v) is 21.5. The van der Waals surface area contributed by atoms with Crippen molar-refractivity contribution in [3.05, 3.63) is 11.6 Å². The van der Waals surface area contributed by atoms with Gasteiger partial charge in [0.15, 0.2) is 30.9 Å². The lowest BCUT2D eigenvalue weighted by molar-refractivity contribution is -0.347. The molecule has 8 aliphatic rings. The second-order valence-electron chi connectivity index (χ2n) is 21.5. The van der Waals surface area contributed by atoms with Crippen molar-refractivity contribution in [1.82, 2.24) is 0 Å². The number of aliphatic hydroxyl groups excluding tert-OH is 2. The molecule has 24 atom stereocenters. The number of fused-ring (bicyclic) bond motifs is 5. The van der Waals surface area contributed by atoms with Gasteiger partial charge in [-0.05, 0) is 85.0 Å². The first-order valence-corrected chi connectivity index (χ1v) is 24.7. The number of Topliss-reactive ketones (excluding diaryl/α,β-unsaturated/α-hetero) is 1. The summed E-state index contributed by atoms with van der Waals surface area (Å²) in [5, 5.41) is 58.7. The molecule has 4 saturated heterocycles. The van der Waals surface area contributed by atoms with Crippen LogP contribution in [0.5, 0.6) is 0 Å². The predicted octanol–water partition coefficient (Wildman–Crippen LogP) is 2.97. The van der Waals surface area contributed by atoms with Crippen LogP contribution in [-0.2, 0) is 61.6 Å². The van der Waals surface area contributed by atoms with Crippen LogP contribution in [-0.4, -0.2) is 187 Å². The third-order valence-electron chi connectivity index (χ3n) is 18.2. The second kappa shape index (κ2) is 19.6. The van der Waals surface area contributed by atoms with Crippen molar-refractivity contribution in [2.45, 2.75) is 247 Å². The van der Waals surface area contributed by atoms with Crippen molar-refractivity contribution in [2.24, 2.45) is 16.7 Å². The molecule has 0 amide bonds. The summed E-state index contributed by atoms with van der Waals surface area (Å²) in [6.07, 6.45) is -3.49. The molecule has 18 heteroatoms. The highest BCUT2D eigenvalue weighted by Gasteiger charge is 2.80. The van der Waals surface area contributed by atoms with Crippen LogP contribution in [0.25, 0.3) is 0 Å². The highest BCUT2D eigenvalue weighted by atomic mass is 16.8. The fourth-order valence-electron chi connectivity index (χ4n) is 13.9. The van der Waals surface area contributed by atoms with Gasteiger partial charge in [-0.3, -0.25) is 4.79 Å². The SMILES string of the molecule is COC1CC(OC2C(C)OC(OC3C(C)OC(OC4C(C)OC(OC5CCC6(C)C(=CCC7(O)C6CC(O)C6(C)C(O)(C(C)=O)CCC76O)C5)CC4OC)CC3OC)CC2OC)OC(C)C1O. The van der Waals surface area contributed by atoms with E-state index < -0.39 is 126 Å². The van der Waals surface area contributed by atoms with E-state index >= 15 is 0 Å². The molecule has 24 unspecified atom stereocenters. The zero-order valence-electron chi connectivity index (χ0n) is 41.4. The number of ether oxygens (including phenoxy) is 12. The summed E-state index contributed by atoms with van der Waals surface area (Å²) < 4.78 is 75.0. The van der Waals surface area contributed by atoms with E-state index in [0.29, 0.717) is 44.9 Å². The Morgan fingerprint density at radius 1 is 0.627 bits per heavy atom. The van der Waals surface area contributed by atoms with E-state index in [9.17, 15) is 30.3 Å². The molecule has 3 saturated carbocycles. The van der Waals surface area contributed by atoms with Crippen molar-refractivity contribution in [2.75, 3.05) is 28.4 Å². The van der Waals surface area contributed by atoms with Crippen molar-refractivity contribution < 1.29 is 87.2 Å². The number of carbonyl (C=O) groups is 1. The third-order valence-corrected chi connectivity index (χ3v) is 18.2. The molecule has 18 nitrogen and oxygen atoms in total. The zero-order chi connectivity index (χ0) is 48.6. The molecule has 0 radical (unpaired) electrons. The van der Waals surface area contributed by atoms with Crippen LogP contribution >= 0.6 is 0 Å². The summed E-state index contributed by atoms with van der Waals surface area (Å²) >= 11 is 0. The van der Waals surface area contributed by atoms with Gasteiger partial charge in [-0.25, -0.2) is 0 Å². The van der Waals surface area contributed by atoms with Crippen LogP contribution in [0.2, 0.25) is 0 Å². The smallest absolute Gasteiger partial charge is 0.162 e. The van der Waals surface area contributed by atoms with Gasteiger partial charge in [0.25, 0.3) is 0 Å². The van der Waals surface area contributed by atoms with Crippen LogP contribution in [0.4, 0.5) is 0 Å². The first-order valence-electron chi connectivity index (χ1n) is 24.7. The zero-order valence-corrected chi connectivity index (χ0v) is 41.4. The van der Waals surface area contributed by atoms with Gasteiger partial charge in [0.1, 0.15) is 41.2 Å². The van der Waals surface area contributed by atoms with Crippen molar-refractivity contribution in [3.63, 3.8) is 0 Å². The monoisotopic (exact) mass is 957 g/mol. The fourth-order valence-corrected chi connectivity index (χ4v) is 13.9.